The van der Waals surface area contributed by atoms with Gasteiger partial charge in [0.05, 0.1) is 6.61 Å². The molecule has 0 saturated heterocycles. The van der Waals surface area contributed by atoms with E-state index in [2.05, 4.69) is 75.0 Å². The summed E-state index contributed by atoms with van der Waals surface area (Å²) in [5, 5.41) is 12.1. The number of hydrogen-bond acceptors (Lipinski definition) is 3. The molecule has 1 atom stereocenters. The van der Waals surface area contributed by atoms with Crippen LogP contribution in [0.2, 0.25) is 0 Å². The molecule has 3 aromatic rings. The molecule has 3 aromatic carbocycles. The molecule has 1 unspecified atom stereocenters. The van der Waals surface area contributed by atoms with Crippen LogP contribution >= 0.6 is 0 Å². The Morgan fingerprint density at radius 2 is 1.49 bits per heavy atom. The number of carbonyl (C=O) groups is 1. The van der Waals surface area contributed by atoms with Gasteiger partial charge in [-0.1, -0.05) is 127 Å². The van der Waals surface area contributed by atoms with E-state index in [1.54, 1.807) is 5.56 Å². The Morgan fingerprint density at radius 3 is 2.21 bits per heavy atom. The van der Waals surface area contributed by atoms with Crippen LogP contribution in [0, 0.1) is 17.8 Å². The van der Waals surface area contributed by atoms with Gasteiger partial charge in [0.15, 0.2) is 0 Å². The van der Waals surface area contributed by atoms with Gasteiger partial charge in [0.1, 0.15) is 0 Å². The van der Waals surface area contributed by atoms with Gasteiger partial charge < -0.3 is 9.84 Å². The second kappa shape index (κ2) is 19.8. The van der Waals surface area contributed by atoms with Crippen molar-refractivity contribution in [1.29, 1.82) is 0 Å². The van der Waals surface area contributed by atoms with Gasteiger partial charge in [-0.15, -0.1) is 0 Å². The van der Waals surface area contributed by atoms with Crippen molar-refractivity contribution in [2.75, 3.05) is 13.2 Å². The number of fused-ring (bicyclic) bond motifs is 1. The molecule has 3 heteroatoms. The van der Waals surface area contributed by atoms with Crippen molar-refractivity contribution >= 4 is 16.7 Å². The average Bonchev–Trinajstić information content (AvgIpc) is 3.10. The van der Waals surface area contributed by atoms with Crippen LogP contribution in [0.15, 0.2) is 66.7 Å². The van der Waals surface area contributed by atoms with Crippen molar-refractivity contribution in [1.82, 2.24) is 0 Å². The predicted molar refractivity (Wildman–Crippen MR) is 200 cm³/mol. The maximum absolute atomic E-state index is 11.9. The van der Waals surface area contributed by atoms with Crippen LogP contribution in [0.1, 0.15) is 127 Å². The monoisotopic (exact) mass is 638 g/mol. The van der Waals surface area contributed by atoms with Crippen molar-refractivity contribution in [3.05, 3.63) is 83.4 Å². The third-order valence-corrected chi connectivity index (χ3v) is 10.9. The van der Waals surface area contributed by atoms with Crippen LogP contribution in [-0.2, 0) is 28.8 Å². The fraction of sp³-hybridized carbons (Fsp3) is 0.568. The quantitative estimate of drug-likeness (QED) is 0.0761. The summed E-state index contributed by atoms with van der Waals surface area (Å²) < 4.78 is 5.37. The van der Waals surface area contributed by atoms with Crippen LogP contribution in [-0.4, -0.2) is 24.3 Å². The molecule has 256 valence electrons. The van der Waals surface area contributed by atoms with Crippen molar-refractivity contribution in [3.63, 3.8) is 0 Å². The molecule has 0 heterocycles. The maximum atomic E-state index is 11.9. The first-order chi connectivity index (χ1) is 22.9. The van der Waals surface area contributed by atoms with E-state index in [0.29, 0.717) is 24.5 Å². The molecule has 4 rings (SSSR count). The maximum Gasteiger partial charge on any atom is 0.333 e. The molecule has 1 aliphatic carbocycles. The highest BCUT2D eigenvalue weighted by Crippen LogP contribution is 2.35. The zero-order valence-corrected chi connectivity index (χ0v) is 29.8. The first kappa shape index (κ1) is 36.9. The molecule has 1 N–H and O–H groups in total. The van der Waals surface area contributed by atoms with Gasteiger partial charge in [-0.25, -0.2) is 4.79 Å². The lowest BCUT2D eigenvalue weighted by atomic mass is 9.77. The van der Waals surface area contributed by atoms with E-state index in [0.717, 1.165) is 50.4 Å². The van der Waals surface area contributed by atoms with E-state index in [4.69, 9.17) is 4.74 Å². The number of ether oxygens (including phenoxy) is 1. The number of rotatable bonds is 20. The fourth-order valence-electron chi connectivity index (χ4n) is 7.64. The summed E-state index contributed by atoms with van der Waals surface area (Å²) in [6.07, 6.45) is 20.3. The Hall–Kier alpha value is -2.91. The minimum atomic E-state index is -0.298. The summed E-state index contributed by atoms with van der Waals surface area (Å²) in [6.45, 7) is 10.8. The first-order valence-electron chi connectivity index (χ1n) is 19.0. The number of hydrogen-bond donors (Lipinski definition) is 1. The number of esters is 1. The third kappa shape index (κ3) is 11.6. The fourth-order valence-corrected chi connectivity index (χ4v) is 7.64. The molecule has 0 spiro atoms. The summed E-state index contributed by atoms with van der Waals surface area (Å²) >= 11 is 0. The zero-order chi connectivity index (χ0) is 33.4. The van der Waals surface area contributed by atoms with Crippen molar-refractivity contribution in [2.24, 2.45) is 17.8 Å². The van der Waals surface area contributed by atoms with E-state index in [1.807, 2.05) is 6.92 Å². The van der Waals surface area contributed by atoms with Gasteiger partial charge >= 0.3 is 5.97 Å². The average molecular weight is 639 g/mol. The SMILES string of the molecule is C=C(CC)C(=O)OCCC(CCO)CCCc1ccc2cc(-c3ccc(CCC4CCC(CCCCC)CC4)c(CC)c3)ccc2c1. The summed E-state index contributed by atoms with van der Waals surface area (Å²) in [4.78, 5) is 11.9. The number of unbranched alkanes of at least 4 members (excludes halogenated alkanes) is 2. The van der Waals surface area contributed by atoms with Crippen LogP contribution < -0.4 is 0 Å². The third-order valence-electron chi connectivity index (χ3n) is 10.9. The topological polar surface area (TPSA) is 46.5 Å². The predicted octanol–water partition coefficient (Wildman–Crippen LogP) is 11.6. The Kier molecular flexibility index (Phi) is 15.6. The highest BCUT2D eigenvalue weighted by molar-refractivity contribution is 5.88. The van der Waals surface area contributed by atoms with Crippen molar-refractivity contribution < 1.29 is 14.6 Å². The Labute approximate surface area is 286 Å². The van der Waals surface area contributed by atoms with Gasteiger partial charge in [-0.05, 0) is 120 Å². The van der Waals surface area contributed by atoms with Crippen LogP contribution in [0.3, 0.4) is 0 Å². The Balaban J connectivity index is 1.28. The molecule has 0 bridgehead atoms. The van der Waals surface area contributed by atoms with E-state index in [9.17, 15) is 9.90 Å². The van der Waals surface area contributed by atoms with E-state index >= 15 is 0 Å². The van der Waals surface area contributed by atoms with Gasteiger partial charge in [-0.2, -0.15) is 0 Å². The van der Waals surface area contributed by atoms with E-state index in [1.165, 1.54) is 97.2 Å². The summed E-state index contributed by atoms with van der Waals surface area (Å²) in [6, 6.07) is 21.0. The lowest BCUT2D eigenvalue weighted by Gasteiger charge is -2.28. The van der Waals surface area contributed by atoms with E-state index < -0.39 is 0 Å². The molecule has 3 nitrogen and oxygen atoms in total. The molecule has 0 aromatic heterocycles. The van der Waals surface area contributed by atoms with E-state index in [-0.39, 0.29) is 12.6 Å². The standard InChI is InChI=1S/C44H62O3/c1-5-8-9-11-34-14-16-36(17-15-34)18-20-39-22-23-42(31-38(39)7-3)43-25-24-40-30-37(19-21-41(40)32-43)13-10-12-35(26-28-45)27-29-47-44(46)33(4)6-2/h19,21-25,30-32,34-36,45H,4-18,20,26-29H2,1-3H3. The first-order valence-corrected chi connectivity index (χ1v) is 19.0. The van der Waals surface area contributed by atoms with Crippen LogP contribution in [0.4, 0.5) is 0 Å². The summed E-state index contributed by atoms with van der Waals surface area (Å²) in [5.41, 5.74) is 7.54. The smallest absolute Gasteiger partial charge is 0.333 e. The van der Waals surface area contributed by atoms with Gasteiger partial charge in [-0.3, -0.25) is 0 Å². The second-order valence-corrected chi connectivity index (χ2v) is 14.3. The largest absolute Gasteiger partial charge is 0.462 e. The minimum Gasteiger partial charge on any atom is -0.462 e. The number of aliphatic hydroxyl groups excluding tert-OH is 1. The normalized spacial score (nSPS) is 17.1. The van der Waals surface area contributed by atoms with Gasteiger partial charge in [0.25, 0.3) is 0 Å². The lowest BCUT2D eigenvalue weighted by Crippen LogP contribution is -2.15. The number of aryl methyl sites for hydroxylation is 3. The van der Waals surface area contributed by atoms with Crippen LogP contribution in [0.5, 0.6) is 0 Å². The molecule has 1 fully saturated rings. The van der Waals surface area contributed by atoms with Crippen molar-refractivity contribution in [3.8, 4) is 11.1 Å². The Morgan fingerprint density at radius 1 is 0.787 bits per heavy atom. The van der Waals surface area contributed by atoms with Gasteiger partial charge in [0, 0.05) is 12.2 Å². The minimum absolute atomic E-state index is 0.168. The number of benzene rings is 3. The second-order valence-electron chi connectivity index (χ2n) is 14.3. The summed E-state index contributed by atoms with van der Waals surface area (Å²) in [5.74, 6) is 1.96. The molecule has 0 amide bonds. The highest BCUT2D eigenvalue weighted by atomic mass is 16.5. The molecular formula is C44H62O3. The van der Waals surface area contributed by atoms with Crippen molar-refractivity contribution in [2.45, 2.75) is 130 Å². The number of aliphatic hydroxyl groups is 1. The highest BCUT2D eigenvalue weighted by Gasteiger charge is 2.21. The van der Waals surface area contributed by atoms with Crippen LogP contribution in [0.25, 0.3) is 21.9 Å². The molecule has 0 aliphatic heterocycles. The molecular weight excluding hydrogens is 576 g/mol. The molecule has 0 radical (unpaired) electrons. The molecule has 1 aliphatic rings. The lowest BCUT2D eigenvalue weighted by molar-refractivity contribution is -0.139. The van der Waals surface area contributed by atoms with Gasteiger partial charge in [0.2, 0.25) is 0 Å². The summed E-state index contributed by atoms with van der Waals surface area (Å²) in [7, 11) is 0. The Bertz CT molecular complexity index is 1400. The number of carbonyl (C=O) groups excluding carboxylic acids is 1. The zero-order valence-electron chi connectivity index (χ0n) is 29.8. The molecule has 47 heavy (non-hydrogen) atoms. The molecule has 1 saturated carbocycles.